The number of nitriles is 1. The topological polar surface area (TPSA) is 88.9 Å². The molecule has 1 heterocycles. The number of carbonyl (C=O) groups excluding carboxylic acids is 2. The Balaban J connectivity index is 1.42. The predicted octanol–water partition coefficient (Wildman–Crippen LogP) is 6.38. The maximum Gasteiger partial charge on any atom is 0.410 e. The molecule has 7 heteroatoms. The number of benzene rings is 3. The zero-order chi connectivity index (χ0) is 28.0. The highest BCUT2D eigenvalue weighted by Crippen LogP contribution is 2.28. The molecular formula is C32H36N2O5. The van der Waals surface area contributed by atoms with E-state index >= 15 is 0 Å². The molecule has 39 heavy (non-hydrogen) atoms. The lowest BCUT2D eigenvalue weighted by molar-refractivity contribution is -0.144. The average Bonchev–Trinajstić information content (AvgIpc) is 2.91. The summed E-state index contributed by atoms with van der Waals surface area (Å²) in [5.41, 5.74) is 1.94. The Morgan fingerprint density at radius 2 is 1.69 bits per heavy atom. The summed E-state index contributed by atoms with van der Waals surface area (Å²) in [7, 11) is 0. The molecule has 0 bridgehead atoms. The SMILES string of the molecule is CCOC(=O)C(Cc1ccc2ccc(C#N)cc2c1)c1ccc(OC2CCN(C(=O)OC(C)(C)C)CC2)cc1. The van der Waals surface area contributed by atoms with Crippen LogP contribution in [0.15, 0.2) is 60.7 Å². The van der Waals surface area contributed by atoms with Gasteiger partial charge < -0.3 is 19.1 Å². The first kappa shape index (κ1) is 28.0. The normalized spacial score (nSPS) is 14.9. The van der Waals surface area contributed by atoms with Gasteiger partial charge in [-0.1, -0.05) is 36.4 Å². The molecule has 0 aromatic heterocycles. The second-order valence-electron chi connectivity index (χ2n) is 10.9. The van der Waals surface area contributed by atoms with Crippen molar-refractivity contribution < 1.29 is 23.8 Å². The van der Waals surface area contributed by atoms with Crippen LogP contribution < -0.4 is 4.74 Å². The molecule has 1 fully saturated rings. The van der Waals surface area contributed by atoms with Gasteiger partial charge >= 0.3 is 12.1 Å². The Morgan fingerprint density at radius 3 is 2.33 bits per heavy atom. The Hall–Kier alpha value is -4.05. The van der Waals surface area contributed by atoms with E-state index in [0.717, 1.165) is 40.5 Å². The van der Waals surface area contributed by atoms with Gasteiger partial charge in [0.05, 0.1) is 24.2 Å². The summed E-state index contributed by atoms with van der Waals surface area (Å²) in [5, 5.41) is 11.3. The van der Waals surface area contributed by atoms with E-state index < -0.39 is 11.5 Å². The summed E-state index contributed by atoms with van der Waals surface area (Å²) >= 11 is 0. The average molecular weight is 529 g/mol. The highest BCUT2D eigenvalue weighted by Gasteiger charge is 2.28. The summed E-state index contributed by atoms with van der Waals surface area (Å²) in [6, 6.07) is 21.5. The molecule has 3 aromatic carbocycles. The van der Waals surface area contributed by atoms with Crippen LogP contribution in [0.1, 0.15) is 63.1 Å². The van der Waals surface area contributed by atoms with Crippen LogP contribution >= 0.6 is 0 Å². The lowest BCUT2D eigenvalue weighted by Gasteiger charge is -2.33. The fourth-order valence-electron chi connectivity index (χ4n) is 4.76. The third kappa shape index (κ3) is 7.51. The Kier molecular flexibility index (Phi) is 8.75. The van der Waals surface area contributed by atoms with Crippen molar-refractivity contribution in [1.82, 2.24) is 4.90 Å². The molecule has 1 atom stereocenters. The lowest BCUT2D eigenvalue weighted by Crippen LogP contribution is -2.44. The van der Waals surface area contributed by atoms with Crippen LogP contribution in [-0.2, 0) is 20.7 Å². The predicted molar refractivity (Wildman–Crippen MR) is 150 cm³/mol. The molecule has 0 aliphatic carbocycles. The van der Waals surface area contributed by atoms with Crippen LogP contribution in [0, 0.1) is 11.3 Å². The van der Waals surface area contributed by atoms with Crippen LogP contribution in [0.3, 0.4) is 0 Å². The third-order valence-electron chi connectivity index (χ3n) is 6.72. The second kappa shape index (κ2) is 12.2. The van der Waals surface area contributed by atoms with Gasteiger partial charge in [-0.15, -0.1) is 0 Å². The van der Waals surface area contributed by atoms with Crippen LogP contribution in [-0.4, -0.2) is 48.4 Å². The molecule has 7 nitrogen and oxygen atoms in total. The lowest BCUT2D eigenvalue weighted by atomic mass is 9.91. The Morgan fingerprint density at radius 1 is 1.00 bits per heavy atom. The van der Waals surface area contributed by atoms with Gasteiger partial charge in [0.15, 0.2) is 0 Å². The first-order chi connectivity index (χ1) is 18.6. The van der Waals surface area contributed by atoms with E-state index in [1.807, 2.05) is 75.4 Å². The third-order valence-corrected chi connectivity index (χ3v) is 6.72. The minimum absolute atomic E-state index is 0.00583. The molecule has 4 rings (SSSR count). The van der Waals surface area contributed by atoms with Crippen molar-refractivity contribution in [2.45, 2.75) is 64.6 Å². The van der Waals surface area contributed by atoms with Crippen molar-refractivity contribution in [3.8, 4) is 11.8 Å². The highest BCUT2D eigenvalue weighted by molar-refractivity contribution is 5.85. The number of likely N-dealkylation sites (tertiary alicyclic amines) is 1. The summed E-state index contributed by atoms with van der Waals surface area (Å²) < 4.78 is 17.1. The molecule has 0 saturated carbocycles. The Labute approximate surface area is 230 Å². The first-order valence-corrected chi connectivity index (χ1v) is 13.5. The van der Waals surface area contributed by atoms with Gasteiger partial charge in [0.2, 0.25) is 0 Å². The van der Waals surface area contributed by atoms with Crippen molar-refractivity contribution in [3.05, 3.63) is 77.4 Å². The van der Waals surface area contributed by atoms with Gasteiger partial charge in [-0.25, -0.2) is 4.79 Å². The number of amides is 1. The summed E-state index contributed by atoms with van der Waals surface area (Å²) in [6.07, 6.45) is 1.65. The van der Waals surface area contributed by atoms with E-state index in [1.54, 1.807) is 17.9 Å². The molecule has 1 amide bonds. The van der Waals surface area contributed by atoms with Gasteiger partial charge in [-0.05, 0) is 80.3 Å². The number of ether oxygens (including phenoxy) is 3. The summed E-state index contributed by atoms with van der Waals surface area (Å²) in [6.45, 7) is 8.88. The molecule has 1 unspecified atom stereocenters. The smallest absolute Gasteiger partial charge is 0.410 e. The van der Waals surface area contributed by atoms with Crippen LogP contribution in [0.2, 0.25) is 0 Å². The van der Waals surface area contributed by atoms with Crippen molar-refractivity contribution in [1.29, 1.82) is 5.26 Å². The first-order valence-electron chi connectivity index (χ1n) is 13.5. The maximum absolute atomic E-state index is 12.9. The van der Waals surface area contributed by atoms with E-state index in [0.29, 0.717) is 31.7 Å². The second-order valence-corrected chi connectivity index (χ2v) is 10.9. The van der Waals surface area contributed by atoms with Crippen molar-refractivity contribution in [2.75, 3.05) is 19.7 Å². The van der Waals surface area contributed by atoms with Gasteiger partial charge in [-0.3, -0.25) is 4.79 Å². The van der Waals surface area contributed by atoms with Crippen LogP contribution in [0.25, 0.3) is 10.8 Å². The molecule has 3 aromatic rings. The number of rotatable bonds is 7. The molecule has 204 valence electrons. The fraction of sp³-hybridized carbons (Fsp3) is 0.406. The largest absolute Gasteiger partial charge is 0.490 e. The van der Waals surface area contributed by atoms with Gasteiger partial charge in [0, 0.05) is 25.9 Å². The zero-order valence-electron chi connectivity index (χ0n) is 23.1. The molecule has 0 N–H and O–H groups in total. The monoisotopic (exact) mass is 528 g/mol. The summed E-state index contributed by atoms with van der Waals surface area (Å²) in [4.78, 5) is 27.0. The quantitative estimate of drug-likeness (QED) is 0.331. The standard InChI is InChI=1S/C32H36N2O5/c1-5-37-30(35)29(20-22-6-8-24-9-7-23(21-33)19-26(24)18-22)25-10-12-27(13-11-25)38-28-14-16-34(17-15-28)31(36)39-32(2,3)4/h6-13,18-19,28-29H,5,14-17,20H2,1-4H3. The number of piperidine rings is 1. The van der Waals surface area contributed by atoms with Crippen LogP contribution in [0.5, 0.6) is 5.75 Å². The minimum Gasteiger partial charge on any atom is -0.490 e. The van der Waals surface area contributed by atoms with E-state index in [2.05, 4.69) is 6.07 Å². The fourth-order valence-corrected chi connectivity index (χ4v) is 4.76. The van der Waals surface area contributed by atoms with Crippen LogP contribution in [0.4, 0.5) is 4.79 Å². The van der Waals surface area contributed by atoms with Gasteiger partial charge in [0.1, 0.15) is 17.5 Å². The molecule has 1 aliphatic rings. The molecule has 0 spiro atoms. The number of fused-ring (bicyclic) bond motifs is 1. The van der Waals surface area contributed by atoms with E-state index in [-0.39, 0.29) is 18.2 Å². The molecule has 1 saturated heterocycles. The van der Waals surface area contributed by atoms with Gasteiger partial charge in [0.25, 0.3) is 0 Å². The van der Waals surface area contributed by atoms with Crippen molar-refractivity contribution >= 4 is 22.8 Å². The number of hydrogen-bond donors (Lipinski definition) is 0. The van der Waals surface area contributed by atoms with E-state index in [9.17, 15) is 14.9 Å². The van der Waals surface area contributed by atoms with E-state index in [1.165, 1.54) is 0 Å². The molecule has 1 aliphatic heterocycles. The van der Waals surface area contributed by atoms with Crippen molar-refractivity contribution in [3.63, 3.8) is 0 Å². The number of esters is 1. The molecule has 0 radical (unpaired) electrons. The maximum atomic E-state index is 12.9. The zero-order valence-corrected chi connectivity index (χ0v) is 23.1. The van der Waals surface area contributed by atoms with E-state index in [4.69, 9.17) is 14.2 Å². The molecular weight excluding hydrogens is 492 g/mol. The Bertz CT molecular complexity index is 1350. The van der Waals surface area contributed by atoms with Crippen molar-refractivity contribution in [2.24, 2.45) is 0 Å². The number of hydrogen-bond acceptors (Lipinski definition) is 6. The number of nitrogens with zero attached hydrogens (tertiary/aromatic N) is 2. The highest BCUT2D eigenvalue weighted by atomic mass is 16.6. The number of carbonyl (C=O) groups is 2. The van der Waals surface area contributed by atoms with Gasteiger partial charge in [-0.2, -0.15) is 5.26 Å². The minimum atomic E-state index is -0.511. The summed E-state index contributed by atoms with van der Waals surface area (Å²) in [5.74, 6) is -0.00830.